The minimum Gasteiger partial charge on any atom is -0.435 e. The van der Waals surface area contributed by atoms with E-state index in [0.717, 1.165) is 44.8 Å². The Morgan fingerprint density at radius 1 is 0.839 bits per heavy atom. The second kappa shape index (κ2) is 8.31. The van der Waals surface area contributed by atoms with Crippen molar-refractivity contribution >= 4 is 33.5 Å². The molecule has 3 aromatic heterocycles. The molecule has 0 radical (unpaired) electrons. The number of thiophene rings is 1. The Hall–Kier alpha value is -2.92. The van der Waals surface area contributed by atoms with Crippen LogP contribution >= 0.6 is 11.3 Å². The van der Waals surface area contributed by atoms with Gasteiger partial charge in [-0.1, -0.05) is 39.3 Å². The molecule has 2 aromatic carbocycles. The van der Waals surface area contributed by atoms with Gasteiger partial charge in [0.2, 0.25) is 11.8 Å². The summed E-state index contributed by atoms with van der Waals surface area (Å²) in [6.07, 6.45) is 4.56. The molecule has 0 aliphatic heterocycles. The summed E-state index contributed by atoms with van der Waals surface area (Å²) in [5.41, 5.74) is 6.07. The van der Waals surface area contributed by atoms with Crippen molar-refractivity contribution in [3.8, 4) is 21.5 Å². The lowest BCUT2D eigenvalue weighted by atomic mass is 9.98. The molecule has 0 N–H and O–H groups in total. The van der Waals surface area contributed by atoms with E-state index < -0.39 is 0 Å². The van der Waals surface area contributed by atoms with E-state index in [1.54, 1.807) is 11.3 Å². The molecule has 5 heteroatoms. The quantitative estimate of drug-likeness (QED) is 0.261. The van der Waals surface area contributed by atoms with Crippen molar-refractivity contribution in [3.63, 3.8) is 0 Å². The average molecular weight is 431 g/mol. The van der Waals surface area contributed by atoms with Crippen molar-refractivity contribution < 1.29 is 8.83 Å². The monoisotopic (exact) mass is 430 g/mol. The highest BCUT2D eigenvalue weighted by Gasteiger charge is 2.16. The fourth-order valence-corrected chi connectivity index (χ4v) is 4.63. The Morgan fingerprint density at radius 2 is 1.48 bits per heavy atom. The number of oxazole rings is 2. The van der Waals surface area contributed by atoms with Crippen molar-refractivity contribution in [3.05, 3.63) is 59.7 Å². The fraction of sp³-hybridized carbons (Fsp3) is 0.308. The largest absolute Gasteiger partial charge is 0.435 e. The van der Waals surface area contributed by atoms with E-state index in [9.17, 15) is 0 Å². The number of fused-ring (bicyclic) bond motifs is 2. The Balaban J connectivity index is 1.44. The summed E-state index contributed by atoms with van der Waals surface area (Å²) < 4.78 is 12.1. The first-order chi connectivity index (χ1) is 15.1. The van der Waals surface area contributed by atoms with Gasteiger partial charge in [0.25, 0.3) is 0 Å². The van der Waals surface area contributed by atoms with Gasteiger partial charge in [-0.05, 0) is 72.7 Å². The number of hydrogen-bond acceptors (Lipinski definition) is 5. The summed E-state index contributed by atoms with van der Waals surface area (Å²) in [5.74, 6) is 1.80. The molecular formula is C26H26N2O2S. The number of aryl methyl sites for hydroxylation is 1. The summed E-state index contributed by atoms with van der Waals surface area (Å²) >= 11 is 1.59. The first-order valence-electron chi connectivity index (χ1n) is 11.0. The van der Waals surface area contributed by atoms with Crippen molar-refractivity contribution in [2.75, 3.05) is 0 Å². The second-order valence-corrected chi connectivity index (χ2v) is 9.23. The molecule has 158 valence electrons. The van der Waals surface area contributed by atoms with Gasteiger partial charge in [0, 0.05) is 0 Å². The molecule has 1 atom stereocenters. The molecule has 1 unspecified atom stereocenters. The van der Waals surface area contributed by atoms with Gasteiger partial charge in [0.15, 0.2) is 11.2 Å². The molecule has 0 aliphatic rings. The van der Waals surface area contributed by atoms with Gasteiger partial charge >= 0.3 is 0 Å². The van der Waals surface area contributed by atoms with Crippen LogP contribution in [0.4, 0.5) is 0 Å². The second-order valence-electron chi connectivity index (χ2n) is 8.14. The summed E-state index contributed by atoms with van der Waals surface area (Å²) in [6.45, 7) is 6.65. The highest BCUT2D eigenvalue weighted by molar-refractivity contribution is 7.18. The summed E-state index contributed by atoms with van der Waals surface area (Å²) in [5, 5.41) is 0. The predicted molar refractivity (Wildman–Crippen MR) is 128 cm³/mol. The number of aromatic nitrogens is 2. The van der Waals surface area contributed by atoms with Gasteiger partial charge in [0.05, 0.1) is 9.75 Å². The number of nitrogens with zero attached hydrogens (tertiary/aromatic N) is 2. The highest BCUT2D eigenvalue weighted by atomic mass is 32.1. The smallest absolute Gasteiger partial charge is 0.237 e. The number of hydrogen-bond donors (Lipinski definition) is 0. The molecule has 5 rings (SSSR count). The maximum atomic E-state index is 6.03. The Kier molecular flexibility index (Phi) is 5.36. The average Bonchev–Trinajstić information content (AvgIpc) is 3.53. The lowest BCUT2D eigenvalue weighted by molar-refractivity contribution is 0.621. The summed E-state index contributed by atoms with van der Waals surface area (Å²) in [7, 11) is 0. The van der Waals surface area contributed by atoms with E-state index in [0.29, 0.717) is 17.7 Å². The van der Waals surface area contributed by atoms with Crippen LogP contribution in [0.5, 0.6) is 0 Å². The van der Waals surface area contributed by atoms with Gasteiger partial charge in [-0.3, -0.25) is 0 Å². The first-order valence-corrected chi connectivity index (χ1v) is 11.9. The van der Waals surface area contributed by atoms with Gasteiger partial charge in [-0.2, -0.15) is 0 Å². The third-order valence-electron chi connectivity index (χ3n) is 5.89. The molecule has 0 saturated heterocycles. The van der Waals surface area contributed by atoms with Crippen LogP contribution in [-0.4, -0.2) is 9.97 Å². The minimum atomic E-state index is 0.513. The molecule has 0 saturated carbocycles. The van der Waals surface area contributed by atoms with Crippen LogP contribution in [0.25, 0.3) is 43.7 Å². The van der Waals surface area contributed by atoms with Crippen LogP contribution in [0.15, 0.2) is 57.4 Å². The lowest BCUT2D eigenvalue weighted by Crippen LogP contribution is -1.90. The van der Waals surface area contributed by atoms with E-state index in [2.05, 4.69) is 45.0 Å². The van der Waals surface area contributed by atoms with E-state index in [-0.39, 0.29) is 0 Å². The predicted octanol–water partition coefficient (Wildman–Crippen LogP) is 8.22. The van der Waals surface area contributed by atoms with E-state index in [4.69, 9.17) is 18.8 Å². The van der Waals surface area contributed by atoms with Crippen LogP contribution in [0.3, 0.4) is 0 Å². The number of rotatable bonds is 7. The molecular weight excluding hydrogens is 404 g/mol. The molecule has 0 amide bonds. The van der Waals surface area contributed by atoms with Crippen LogP contribution in [-0.2, 0) is 6.42 Å². The standard InChI is InChI=1S/C26H26N2O2S/c1-4-6-7-17-8-10-21-19(14-17)27-25(29-21)23-12-13-24(31-23)26-28-20-15-18(16(3)5-2)9-11-22(20)30-26/h8-16H,4-7H2,1-3H3. The zero-order valence-corrected chi connectivity index (χ0v) is 19.0. The molecule has 0 bridgehead atoms. The minimum absolute atomic E-state index is 0.513. The summed E-state index contributed by atoms with van der Waals surface area (Å²) in [4.78, 5) is 11.4. The van der Waals surface area contributed by atoms with Crippen LogP contribution in [0, 0.1) is 0 Å². The zero-order valence-electron chi connectivity index (χ0n) is 18.1. The number of unbranched alkanes of at least 4 members (excludes halogenated alkanes) is 1. The van der Waals surface area contributed by atoms with E-state index in [1.165, 1.54) is 24.0 Å². The molecule has 0 fully saturated rings. The van der Waals surface area contributed by atoms with Crippen molar-refractivity contribution in [1.82, 2.24) is 9.97 Å². The Morgan fingerprint density at radius 3 is 2.13 bits per heavy atom. The van der Waals surface area contributed by atoms with Gasteiger partial charge in [-0.25, -0.2) is 9.97 Å². The zero-order chi connectivity index (χ0) is 21.4. The normalized spacial score (nSPS) is 12.7. The van der Waals surface area contributed by atoms with Crippen LogP contribution in [0.1, 0.15) is 57.1 Å². The van der Waals surface area contributed by atoms with Crippen LogP contribution in [0.2, 0.25) is 0 Å². The van der Waals surface area contributed by atoms with Crippen molar-refractivity contribution in [2.24, 2.45) is 0 Å². The van der Waals surface area contributed by atoms with E-state index in [1.807, 2.05) is 24.3 Å². The molecule has 0 spiro atoms. The maximum Gasteiger partial charge on any atom is 0.237 e. The van der Waals surface area contributed by atoms with Gasteiger partial charge in [-0.15, -0.1) is 11.3 Å². The highest BCUT2D eigenvalue weighted by Crippen LogP contribution is 2.36. The maximum absolute atomic E-state index is 6.03. The van der Waals surface area contributed by atoms with Crippen molar-refractivity contribution in [2.45, 2.75) is 52.4 Å². The fourth-order valence-electron chi connectivity index (χ4n) is 3.77. The third kappa shape index (κ3) is 3.90. The Bertz CT molecular complexity index is 1340. The Labute approximate surface area is 185 Å². The molecule has 3 heterocycles. The SMILES string of the molecule is CCCCc1ccc2oc(-c3ccc(-c4nc5cc(C(C)CC)ccc5o4)s3)nc2c1. The van der Waals surface area contributed by atoms with Crippen LogP contribution < -0.4 is 0 Å². The van der Waals surface area contributed by atoms with Gasteiger partial charge < -0.3 is 8.83 Å². The number of benzene rings is 2. The molecule has 31 heavy (non-hydrogen) atoms. The van der Waals surface area contributed by atoms with Gasteiger partial charge in [0.1, 0.15) is 11.0 Å². The molecule has 0 aliphatic carbocycles. The third-order valence-corrected chi connectivity index (χ3v) is 6.95. The summed E-state index contributed by atoms with van der Waals surface area (Å²) in [6, 6.07) is 16.7. The molecule has 4 nitrogen and oxygen atoms in total. The lowest BCUT2D eigenvalue weighted by Gasteiger charge is -2.07. The first kappa shape index (κ1) is 20.0. The van der Waals surface area contributed by atoms with Crippen molar-refractivity contribution in [1.29, 1.82) is 0 Å². The topological polar surface area (TPSA) is 52.1 Å². The van der Waals surface area contributed by atoms with E-state index >= 15 is 0 Å². The molecule has 5 aromatic rings.